The summed E-state index contributed by atoms with van der Waals surface area (Å²) in [6.07, 6.45) is 1.03. The zero-order valence-corrected chi connectivity index (χ0v) is 14.8. The number of carbonyl (C=O) groups excluding carboxylic acids is 2. The molecule has 2 heterocycles. The van der Waals surface area contributed by atoms with Crippen LogP contribution in [0, 0.1) is 12.8 Å². The maximum atomic E-state index is 12.8. The molecular formula is C19H22N2O2S. The first-order valence-electron chi connectivity index (χ1n) is 8.18. The Bertz CT molecular complexity index is 727. The molecule has 4 nitrogen and oxygen atoms in total. The minimum atomic E-state index is -0.198. The lowest BCUT2D eigenvalue weighted by Crippen LogP contribution is -2.45. The predicted molar refractivity (Wildman–Crippen MR) is 95.6 cm³/mol. The van der Waals surface area contributed by atoms with Crippen molar-refractivity contribution < 1.29 is 9.59 Å². The summed E-state index contributed by atoms with van der Waals surface area (Å²) < 4.78 is 0. The Hall–Kier alpha value is -2.14. The largest absolute Gasteiger partial charge is 0.352 e. The minimum Gasteiger partial charge on any atom is -0.352 e. The topological polar surface area (TPSA) is 49.4 Å². The highest BCUT2D eigenvalue weighted by atomic mass is 32.1. The molecule has 0 radical (unpaired) electrons. The number of nitrogens with zero attached hydrogens (tertiary/aromatic N) is 1. The lowest BCUT2D eigenvalue weighted by atomic mass is 9.87. The summed E-state index contributed by atoms with van der Waals surface area (Å²) >= 11 is 1.60. The maximum absolute atomic E-state index is 12.8. The lowest BCUT2D eigenvalue weighted by molar-refractivity contribution is -0.141. The average molecular weight is 342 g/mol. The zero-order chi connectivity index (χ0) is 17.1. The van der Waals surface area contributed by atoms with Gasteiger partial charge in [0.1, 0.15) is 0 Å². The van der Waals surface area contributed by atoms with Crippen molar-refractivity contribution in [2.45, 2.75) is 32.4 Å². The molecule has 1 N–H and O–H groups in total. The molecule has 126 valence electrons. The molecule has 0 aliphatic carbocycles. The van der Waals surface area contributed by atoms with Gasteiger partial charge in [0.25, 0.3) is 0 Å². The molecule has 2 atom stereocenters. The number of benzene rings is 1. The van der Waals surface area contributed by atoms with Gasteiger partial charge in [-0.15, -0.1) is 11.3 Å². The van der Waals surface area contributed by atoms with Crippen LogP contribution in [0.15, 0.2) is 41.8 Å². The van der Waals surface area contributed by atoms with E-state index in [1.165, 1.54) is 5.56 Å². The van der Waals surface area contributed by atoms with Crippen molar-refractivity contribution in [1.29, 1.82) is 0 Å². The van der Waals surface area contributed by atoms with Gasteiger partial charge in [0.15, 0.2) is 0 Å². The number of likely N-dealkylation sites (tertiary alicyclic amines) is 1. The Balaban J connectivity index is 1.73. The smallest absolute Gasteiger partial charge is 0.225 e. The number of carbonyl (C=O) groups is 2. The summed E-state index contributed by atoms with van der Waals surface area (Å²) in [6, 6.07) is 11.9. The van der Waals surface area contributed by atoms with Crippen molar-refractivity contribution >= 4 is 23.2 Å². The van der Waals surface area contributed by atoms with Crippen LogP contribution in [0.1, 0.15) is 34.9 Å². The molecule has 3 rings (SSSR count). The standard InChI is InChI=1S/C19H22N2O2S/c1-13-5-3-6-14(11-13)12-20-19(23)15-8-9-17(22)21(2)18(15)16-7-4-10-24-16/h3-7,10-11,15,18H,8-9,12H2,1-2H3,(H,20,23)/t15-,18-/m0/s1. The van der Waals surface area contributed by atoms with Gasteiger partial charge in [-0.1, -0.05) is 35.9 Å². The molecule has 24 heavy (non-hydrogen) atoms. The van der Waals surface area contributed by atoms with Crippen LogP contribution in [-0.4, -0.2) is 23.8 Å². The van der Waals surface area contributed by atoms with E-state index in [1.54, 1.807) is 23.3 Å². The van der Waals surface area contributed by atoms with Gasteiger partial charge in [-0.05, 0) is 30.4 Å². The molecule has 1 aromatic carbocycles. The highest BCUT2D eigenvalue weighted by Gasteiger charge is 2.39. The number of thiophene rings is 1. The van der Waals surface area contributed by atoms with Crippen LogP contribution < -0.4 is 5.32 Å². The first kappa shape index (κ1) is 16.7. The van der Waals surface area contributed by atoms with Crippen LogP contribution in [-0.2, 0) is 16.1 Å². The second-order valence-corrected chi connectivity index (χ2v) is 7.30. The van der Waals surface area contributed by atoms with Gasteiger partial charge in [-0.2, -0.15) is 0 Å². The summed E-state index contributed by atoms with van der Waals surface area (Å²) in [4.78, 5) is 27.7. The SMILES string of the molecule is Cc1cccc(CNC(=O)[C@H]2CCC(=O)N(C)[C@@H]2c2cccs2)c1. The Labute approximate surface area is 146 Å². The number of piperidine rings is 1. The second-order valence-electron chi connectivity index (χ2n) is 6.32. The number of aryl methyl sites for hydroxylation is 1. The van der Waals surface area contributed by atoms with Gasteiger partial charge < -0.3 is 10.2 Å². The molecule has 0 saturated carbocycles. The monoisotopic (exact) mass is 342 g/mol. The zero-order valence-electron chi connectivity index (χ0n) is 14.0. The molecule has 2 amide bonds. The van der Waals surface area contributed by atoms with Crippen molar-refractivity contribution in [2.75, 3.05) is 7.05 Å². The lowest BCUT2D eigenvalue weighted by Gasteiger charge is -2.37. The highest BCUT2D eigenvalue weighted by molar-refractivity contribution is 7.10. The van der Waals surface area contributed by atoms with Gasteiger partial charge in [0.05, 0.1) is 12.0 Å². The van der Waals surface area contributed by atoms with E-state index < -0.39 is 0 Å². The van der Waals surface area contributed by atoms with Crippen LogP contribution in [0.2, 0.25) is 0 Å². The van der Waals surface area contributed by atoms with Gasteiger partial charge in [-0.25, -0.2) is 0 Å². The van der Waals surface area contributed by atoms with Crippen LogP contribution in [0.25, 0.3) is 0 Å². The molecule has 1 saturated heterocycles. The van der Waals surface area contributed by atoms with Gasteiger partial charge in [-0.3, -0.25) is 9.59 Å². The Morgan fingerprint density at radius 3 is 2.88 bits per heavy atom. The van der Waals surface area contributed by atoms with Gasteiger partial charge >= 0.3 is 0 Å². The number of nitrogens with one attached hydrogen (secondary N) is 1. The fourth-order valence-electron chi connectivity index (χ4n) is 3.30. The Morgan fingerprint density at radius 1 is 1.33 bits per heavy atom. The van der Waals surface area contributed by atoms with E-state index >= 15 is 0 Å². The van der Waals surface area contributed by atoms with Crippen LogP contribution in [0.4, 0.5) is 0 Å². The third kappa shape index (κ3) is 3.51. The summed E-state index contributed by atoms with van der Waals surface area (Å²) in [5.74, 6) is -0.0680. The van der Waals surface area contributed by atoms with E-state index in [2.05, 4.69) is 11.4 Å². The number of rotatable bonds is 4. The molecule has 0 unspecified atom stereocenters. The summed E-state index contributed by atoms with van der Waals surface area (Å²) in [5, 5.41) is 5.04. The number of amides is 2. The van der Waals surface area contributed by atoms with Crippen molar-refractivity contribution in [1.82, 2.24) is 10.2 Å². The Morgan fingerprint density at radius 2 is 2.17 bits per heavy atom. The van der Waals surface area contributed by atoms with Crippen molar-refractivity contribution in [3.05, 3.63) is 57.8 Å². The summed E-state index contributed by atoms with van der Waals surface area (Å²) in [6.45, 7) is 2.56. The van der Waals surface area contributed by atoms with E-state index in [4.69, 9.17) is 0 Å². The van der Waals surface area contributed by atoms with Gasteiger partial charge in [0, 0.05) is 24.9 Å². The minimum absolute atomic E-state index is 0.0225. The van der Waals surface area contributed by atoms with E-state index in [1.807, 2.05) is 42.6 Å². The van der Waals surface area contributed by atoms with E-state index in [0.717, 1.165) is 10.4 Å². The number of hydrogen-bond acceptors (Lipinski definition) is 3. The van der Waals surface area contributed by atoms with Crippen LogP contribution >= 0.6 is 11.3 Å². The third-order valence-corrected chi connectivity index (χ3v) is 5.52. The molecule has 0 bridgehead atoms. The van der Waals surface area contributed by atoms with Crippen molar-refractivity contribution in [3.63, 3.8) is 0 Å². The van der Waals surface area contributed by atoms with E-state index in [9.17, 15) is 9.59 Å². The average Bonchev–Trinajstić information content (AvgIpc) is 3.09. The van der Waals surface area contributed by atoms with Crippen LogP contribution in [0.5, 0.6) is 0 Å². The third-order valence-electron chi connectivity index (χ3n) is 4.58. The molecule has 1 fully saturated rings. The van der Waals surface area contributed by atoms with E-state index in [-0.39, 0.29) is 23.8 Å². The van der Waals surface area contributed by atoms with Crippen molar-refractivity contribution in [2.24, 2.45) is 5.92 Å². The maximum Gasteiger partial charge on any atom is 0.225 e. The summed E-state index contributed by atoms with van der Waals surface area (Å²) in [5.41, 5.74) is 2.28. The molecule has 1 aromatic heterocycles. The predicted octanol–water partition coefficient (Wildman–Crippen LogP) is 3.28. The van der Waals surface area contributed by atoms with E-state index in [0.29, 0.717) is 19.4 Å². The molecular weight excluding hydrogens is 320 g/mol. The first-order chi connectivity index (χ1) is 11.6. The molecule has 5 heteroatoms. The fraction of sp³-hybridized carbons (Fsp3) is 0.368. The van der Waals surface area contributed by atoms with Gasteiger partial charge in [0.2, 0.25) is 11.8 Å². The normalized spacial score (nSPS) is 20.9. The molecule has 1 aliphatic rings. The first-order valence-corrected chi connectivity index (χ1v) is 9.06. The molecule has 1 aliphatic heterocycles. The quantitative estimate of drug-likeness (QED) is 0.927. The van der Waals surface area contributed by atoms with Crippen LogP contribution in [0.3, 0.4) is 0 Å². The summed E-state index contributed by atoms with van der Waals surface area (Å²) in [7, 11) is 1.80. The second kappa shape index (κ2) is 7.18. The van der Waals surface area contributed by atoms with Crippen molar-refractivity contribution in [3.8, 4) is 0 Å². The highest BCUT2D eigenvalue weighted by Crippen LogP contribution is 2.37. The molecule has 2 aromatic rings. The fourth-order valence-corrected chi connectivity index (χ4v) is 4.24. The Kier molecular flexibility index (Phi) is 5.00. The number of hydrogen-bond donors (Lipinski definition) is 1. The molecule has 0 spiro atoms.